The maximum atomic E-state index is 13.0. The lowest BCUT2D eigenvalue weighted by Crippen LogP contribution is -2.66. The van der Waals surface area contributed by atoms with Crippen LogP contribution in [0.4, 0.5) is 0 Å². The van der Waals surface area contributed by atoms with E-state index in [0.717, 1.165) is 44.9 Å². The number of ether oxygens (including phenoxy) is 1. The van der Waals surface area contributed by atoms with Crippen molar-refractivity contribution in [3.63, 3.8) is 0 Å². The van der Waals surface area contributed by atoms with Crippen molar-refractivity contribution in [2.45, 2.75) is 242 Å². The SMILES string of the molecule is CCCCCCCCCCCCCCCC(=O)N[C@@H](C(O)[C@@H]1O[C@H](CO)[C@H](O)[C@H](O)[C@H]1O)[C@H](O)CCCCCCCCCCCCCCC. The standard InChI is InChI=1S/C40H79NO8/c1-3-5-7-9-11-13-15-17-19-21-23-25-27-29-32(43)35(37(46)40-39(48)38(47)36(45)33(31-42)49-40)41-34(44)30-28-26-24-22-20-18-16-14-12-10-8-6-4-2/h32-33,35-40,42-43,45-48H,3-31H2,1-2H3,(H,41,44)/t32-,33-,35-,36+,37?,38+,39-,40+/m1/s1. The average Bonchev–Trinajstić information content (AvgIpc) is 3.10. The number of nitrogens with one attached hydrogen (secondary N) is 1. The molecule has 1 fully saturated rings. The molecule has 1 heterocycles. The molecular formula is C40H79NO8. The van der Waals surface area contributed by atoms with Crippen molar-refractivity contribution in [3.8, 4) is 0 Å². The van der Waals surface area contributed by atoms with Gasteiger partial charge in [-0.3, -0.25) is 4.79 Å². The topological polar surface area (TPSA) is 160 Å². The van der Waals surface area contributed by atoms with Crippen LogP contribution in [0, 0.1) is 0 Å². The molecule has 9 nitrogen and oxygen atoms in total. The maximum Gasteiger partial charge on any atom is 0.220 e. The zero-order valence-electron chi connectivity index (χ0n) is 31.6. The van der Waals surface area contributed by atoms with Crippen LogP contribution >= 0.6 is 0 Å². The summed E-state index contributed by atoms with van der Waals surface area (Å²) in [4.78, 5) is 13.0. The molecular weight excluding hydrogens is 622 g/mol. The predicted molar refractivity (Wildman–Crippen MR) is 198 cm³/mol. The van der Waals surface area contributed by atoms with Crippen LogP contribution in [0.25, 0.3) is 0 Å². The molecule has 9 heteroatoms. The van der Waals surface area contributed by atoms with Gasteiger partial charge in [-0.2, -0.15) is 0 Å². The van der Waals surface area contributed by atoms with Gasteiger partial charge in [-0.1, -0.05) is 174 Å². The number of rotatable bonds is 33. The first-order valence-electron chi connectivity index (χ1n) is 20.7. The van der Waals surface area contributed by atoms with Gasteiger partial charge >= 0.3 is 0 Å². The van der Waals surface area contributed by atoms with Crippen LogP contribution in [-0.4, -0.2) is 91.9 Å². The molecule has 8 atom stereocenters. The second-order valence-electron chi connectivity index (χ2n) is 15.0. The molecule has 292 valence electrons. The molecule has 0 aromatic rings. The largest absolute Gasteiger partial charge is 0.394 e. The first-order valence-corrected chi connectivity index (χ1v) is 20.7. The summed E-state index contributed by atoms with van der Waals surface area (Å²) in [5.41, 5.74) is 0. The highest BCUT2D eigenvalue weighted by Gasteiger charge is 2.48. The van der Waals surface area contributed by atoms with Gasteiger partial charge in [0.15, 0.2) is 0 Å². The van der Waals surface area contributed by atoms with E-state index in [9.17, 15) is 35.4 Å². The van der Waals surface area contributed by atoms with Crippen LogP contribution in [0.15, 0.2) is 0 Å². The monoisotopic (exact) mass is 702 g/mol. The Bertz CT molecular complexity index is 756. The fourth-order valence-corrected chi connectivity index (χ4v) is 7.14. The summed E-state index contributed by atoms with van der Waals surface area (Å²) in [6.07, 6.45) is 21.8. The third-order valence-electron chi connectivity index (χ3n) is 10.5. The van der Waals surface area contributed by atoms with Crippen LogP contribution < -0.4 is 5.32 Å². The highest BCUT2D eigenvalue weighted by Crippen LogP contribution is 2.26. The molecule has 0 aliphatic carbocycles. The Hall–Kier alpha value is -0.810. The lowest BCUT2D eigenvalue weighted by atomic mass is 9.87. The number of aliphatic hydroxyl groups excluding tert-OH is 6. The number of amides is 1. The minimum atomic E-state index is -1.66. The third kappa shape index (κ3) is 21.3. The summed E-state index contributed by atoms with van der Waals surface area (Å²) >= 11 is 0. The van der Waals surface area contributed by atoms with Gasteiger partial charge < -0.3 is 40.7 Å². The summed E-state index contributed by atoms with van der Waals surface area (Å²) in [5.74, 6) is -0.291. The van der Waals surface area contributed by atoms with Crippen molar-refractivity contribution in [3.05, 3.63) is 0 Å². The molecule has 49 heavy (non-hydrogen) atoms. The average molecular weight is 702 g/mol. The minimum absolute atomic E-state index is 0.265. The maximum absolute atomic E-state index is 13.0. The number of carbonyl (C=O) groups is 1. The van der Waals surface area contributed by atoms with E-state index >= 15 is 0 Å². The summed E-state index contributed by atoms with van der Waals surface area (Å²) in [6.45, 7) is 3.87. The molecule has 1 saturated heterocycles. The zero-order chi connectivity index (χ0) is 36.1. The summed E-state index contributed by atoms with van der Waals surface area (Å²) in [6, 6.07) is -1.13. The van der Waals surface area contributed by atoms with Crippen LogP contribution in [0.2, 0.25) is 0 Å². The highest BCUT2D eigenvalue weighted by molar-refractivity contribution is 5.76. The Kier molecular flexibility index (Phi) is 29.0. The van der Waals surface area contributed by atoms with Crippen molar-refractivity contribution in [1.29, 1.82) is 0 Å². The first-order chi connectivity index (χ1) is 23.8. The number of aliphatic hydroxyl groups is 6. The Balaban J connectivity index is 2.47. The van der Waals surface area contributed by atoms with Crippen molar-refractivity contribution < 1.29 is 40.2 Å². The number of hydrogen-bond donors (Lipinski definition) is 7. The Morgan fingerprint density at radius 1 is 0.571 bits per heavy atom. The normalized spacial score (nSPS) is 23.0. The van der Waals surface area contributed by atoms with Crippen molar-refractivity contribution >= 4 is 5.91 Å². The molecule has 0 aromatic carbocycles. The smallest absolute Gasteiger partial charge is 0.220 e. The Morgan fingerprint density at radius 2 is 0.959 bits per heavy atom. The Labute approximate surface area is 300 Å². The first kappa shape index (κ1) is 46.2. The second-order valence-corrected chi connectivity index (χ2v) is 15.0. The quantitative estimate of drug-likeness (QED) is 0.0361. The van der Waals surface area contributed by atoms with Crippen LogP contribution in [0.3, 0.4) is 0 Å². The van der Waals surface area contributed by atoms with E-state index in [1.165, 1.54) is 116 Å². The summed E-state index contributed by atoms with van der Waals surface area (Å²) in [5, 5.41) is 66.0. The van der Waals surface area contributed by atoms with E-state index < -0.39 is 55.4 Å². The van der Waals surface area contributed by atoms with E-state index in [1.54, 1.807) is 0 Å². The minimum Gasteiger partial charge on any atom is -0.394 e. The molecule has 0 radical (unpaired) electrons. The summed E-state index contributed by atoms with van der Waals surface area (Å²) < 4.78 is 5.59. The van der Waals surface area contributed by atoms with Gasteiger partial charge in [-0.15, -0.1) is 0 Å². The van der Waals surface area contributed by atoms with E-state index in [2.05, 4.69) is 19.2 Å². The van der Waals surface area contributed by atoms with Gasteiger partial charge in [0.1, 0.15) is 36.6 Å². The lowest BCUT2D eigenvalue weighted by molar-refractivity contribution is -0.253. The molecule has 0 saturated carbocycles. The molecule has 1 unspecified atom stereocenters. The van der Waals surface area contributed by atoms with E-state index in [4.69, 9.17) is 4.74 Å². The van der Waals surface area contributed by atoms with Crippen LogP contribution in [-0.2, 0) is 9.53 Å². The summed E-state index contributed by atoms with van der Waals surface area (Å²) in [7, 11) is 0. The molecule has 0 bridgehead atoms. The van der Waals surface area contributed by atoms with Crippen molar-refractivity contribution in [2.75, 3.05) is 6.61 Å². The van der Waals surface area contributed by atoms with Crippen LogP contribution in [0.5, 0.6) is 0 Å². The molecule has 1 aliphatic rings. The molecule has 1 amide bonds. The van der Waals surface area contributed by atoms with Gasteiger partial charge in [-0.25, -0.2) is 0 Å². The van der Waals surface area contributed by atoms with Gasteiger partial charge in [0, 0.05) is 6.42 Å². The Morgan fingerprint density at radius 3 is 1.37 bits per heavy atom. The predicted octanol–water partition coefficient (Wildman–Crippen LogP) is 7.00. The van der Waals surface area contributed by atoms with Gasteiger partial charge in [0.25, 0.3) is 0 Å². The number of hydrogen-bond acceptors (Lipinski definition) is 8. The lowest BCUT2D eigenvalue weighted by Gasteiger charge is -2.44. The molecule has 1 rings (SSSR count). The van der Waals surface area contributed by atoms with Crippen molar-refractivity contribution in [2.24, 2.45) is 0 Å². The van der Waals surface area contributed by atoms with E-state index in [-0.39, 0.29) is 12.3 Å². The fourth-order valence-electron chi connectivity index (χ4n) is 7.14. The van der Waals surface area contributed by atoms with E-state index in [0.29, 0.717) is 12.8 Å². The van der Waals surface area contributed by atoms with Crippen LogP contribution in [0.1, 0.15) is 194 Å². The molecule has 1 aliphatic heterocycles. The molecule has 7 N–H and O–H groups in total. The van der Waals surface area contributed by atoms with Crippen molar-refractivity contribution in [1.82, 2.24) is 5.32 Å². The zero-order valence-corrected chi connectivity index (χ0v) is 31.6. The molecule has 0 spiro atoms. The van der Waals surface area contributed by atoms with Gasteiger partial charge in [-0.05, 0) is 12.8 Å². The number of unbranched alkanes of at least 4 members (excludes halogenated alkanes) is 24. The third-order valence-corrected chi connectivity index (χ3v) is 10.5. The molecule has 0 aromatic heterocycles. The fraction of sp³-hybridized carbons (Fsp3) is 0.975. The number of carbonyl (C=O) groups excluding carboxylic acids is 1. The van der Waals surface area contributed by atoms with Gasteiger partial charge in [0.05, 0.1) is 18.8 Å². The second kappa shape index (κ2) is 30.8. The van der Waals surface area contributed by atoms with E-state index in [1.807, 2.05) is 0 Å². The highest BCUT2D eigenvalue weighted by atomic mass is 16.6. The van der Waals surface area contributed by atoms with Gasteiger partial charge in [0.2, 0.25) is 5.91 Å².